The van der Waals surface area contributed by atoms with Gasteiger partial charge < -0.3 is 10.6 Å². The summed E-state index contributed by atoms with van der Waals surface area (Å²) in [6, 6.07) is 4.90. The van der Waals surface area contributed by atoms with Gasteiger partial charge in [0.15, 0.2) is 0 Å². The van der Waals surface area contributed by atoms with E-state index in [9.17, 15) is 9.59 Å². The van der Waals surface area contributed by atoms with Crippen molar-refractivity contribution >= 4 is 33.4 Å². The van der Waals surface area contributed by atoms with E-state index in [1.54, 1.807) is 0 Å². The van der Waals surface area contributed by atoms with Gasteiger partial charge in [-0.2, -0.15) is 0 Å². The summed E-state index contributed by atoms with van der Waals surface area (Å²) in [5, 5.41) is 8.91. The zero-order valence-corrected chi connectivity index (χ0v) is 12.5. The smallest absolute Gasteiger partial charge is 0.246 e. The Labute approximate surface area is 125 Å². The first-order valence-electron chi connectivity index (χ1n) is 6.79. The number of amides is 2. The van der Waals surface area contributed by atoms with Crippen molar-refractivity contribution in [2.45, 2.75) is 31.3 Å². The van der Waals surface area contributed by atoms with Crippen LogP contribution in [-0.2, 0) is 9.59 Å². The van der Waals surface area contributed by atoms with Crippen molar-refractivity contribution in [3.63, 3.8) is 0 Å². The van der Waals surface area contributed by atoms with Crippen molar-refractivity contribution in [2.75, 3.05) is 11.9 Å². The van der Waals surface area contributed by atoms with Gasteiger partial charge in [0.25, 0.3) is 0 Å². The molecule has 0 aromatic heterocycles. The minimum Gasteiger partial charge on any atom is -0.355 e. The van der Waals surface area contributed by atoms with Gasteiger partial charge in [-0.3, -0.25) is 14.9 Å². The van der Waals surface area contributed by atoms with Gasteiger partial charge in [-0.05, 0) is 37.5 Å². The van der Waals surface area contributed by atoms with E-state index in [1.165, 1.54) is 0 Å². The lowest BCUT2D eigenvalue weighted by molar-refractivity contribution is -0.123. The van der Waals surface area contributed by atoms with Gasteiger partial charge in [0.05, 0.1) is 6.04 Å². The van der Waals surface area contributed by atoms with Crippen LogP contribution in [-0.4, -0.2) is 24.4 Å². The van der Waals surface area contributed by atoms with Gasteiger partial charge in [-0.25, -0.2) is 0 Å². The number of nitrogens with one attached hydrogen (secondary N) is 3. The van der Waals surface area contributed by atoms with Crippen LogP contribution in [0.5, 0.6) is 0 Å². The first kappa shape index (κ1) is 13.6. The Kier molecular flexibility index (Phi) is 3.76. The maximum atomic E-state index is 12.1. The predicted molar refractivity (Wildman–Crippen MR) is 79.3 cm³/mol. The summed E-state index contributed by atoms with van der Waals surface area (Å²) in [7, 11) is 0. The second kappa shape index (κ2) is 5.54. The van der Waals surface area contributed by atoms with Crippen molar-refractivity contribution in [3.8, 4) is 0 Å². The minimum atomic E-state index is -0.462. The average molecular weight is 338 g/mol. The lowest BCUT2D eigenvalue weighted by atomic mass is 10.0. The van der Waals surface area contributed by atoms with Crippen LogP contribution in [0.3, 0.4) is 0 Å². The molecule has 0 aliphatic carbocycles. The number of carbonyl (C=O) groups is 2. The molecule has 106 valence electrons. The first-order chi connectivity index (χ1) is 9.65. The first-order valence-corrected chi connectivity index (χ1v) is 7.58. The number of halogens is 1. The molecule has 5 nitrogen and oxygen atoms in total. The molecule has 3 rings (SSSR count). The summed E-state index contributed by atoms with van der Waals surface area (Å²) in [6.45, 7) is 0.718. The van der Waals surface area contributed by atoms with E-state index in [4.69, 9.17) is 0 Å². The summed E-state index contributed by atoms with van der Waals surface area (Å²) < 4.78 is 0.921. The Bertz CT molecular complexity index is 561. The largest absolute Gasteiger partial charge is 0.355 e. The van der Waals surface area contributed by atoms with Crippen LogP contribution in [0.25, 0.3) is 0 Å². The molecule has 2 amide bonds. The second-order valence-electron chi connectivity index (χ2n) is 5.16. The summed E-state index contributed by atoms with van der Waals surface area (Å²) in [6.07, 6.45) is 2.73. The molecule has 1 saturated heterocycles. The van der Waals surface area contributed by atoms with Crippen molar-refractivity contribution in [1.82, 2.24) is 10.6 Å². The standard InChI is InChI=1S/C14H16BrN3O2/c15-8-4-5-10-9(7-8)12(14(20)18-10)17-11-3-1-2-6-16-13(11)19/h4-5,7,11-12,17H,1-3,6H2,(H,16,19)(H,18,20). The lowest BCUT2D eigenvalue weighted by Gasteiger charge is -2.19. The van der Waals surface area contributed by atoms with Crippen LogP contribution in [0.4, 0.5) is 5.69 Å². The SMILES string of the molecule is O=C1NCCCCC1NC1C(=O)Nc2ccc(Br)cc21. The van der Waals surface area contributed by atoms with Crippen molar-refractivity contribution < 1.29 is 9.59 Å². The topological polar surface area (TPSA) is 70.2 Å². The molecule has 3 N–H and O–H groups in total. The fourth-order valence-corrected chi connectivity index (χ4v) is 3.08. The highest BCUT2D eigenvalue weighted by atomic mass is 79.9. The highest BCUT2D eigenvalue weighted by molar-refractivity contribution is 9.10. The molecule has 1 fully saturated rings. The summed E-state index contributed by atoms with van der Waals surface area (Å²) >= 11 is 3.42. The molecule has 20 heavy (non-hydrogen) atoms. The van der Waals surface area contributed by atoms with Crippen LogP contribution in [0, 0.1) is 0 Å². The molecule has 2 unspecified atom stereocenters. The lowest BCUT2D eigenvalue weighted by Crippen LogP contribution is -2.45. The molecule has 2 atom stereocenters. The zero-order chi connectivity index (χ0) is 14.1. The van der Waals surface area contributed by atoms with Crippen LogP contribution in [0.2, 0.25) is 0 Å². The van der Waals surface area contributed by atoms with Gasteiger partial charge in [-0.1, -0.05) is 15.9 Å². The van der Waals surface area contributed by atoms with Gasteiger partial charge in [-0.15, -0.1) is 0 Å². The maximum Gasteiger partial charge on any atom is 0.246 e. The molecule has 1 aromatic carbocycles. The van der Waals surface area contributed by atoms with Gasteiger partial charge in [0.2, 0.25) is 11.8 Å². The minimum absolute atomic E-state index is 0.0150. The van der Waals surface area contributed by atoms with Gasteiger partial charge in [0.1, 0.15) is 6.04 Å². The molecule has 1 aromatic rings. The number of hydrogen-bond donors (Lipinski definition) is 3. The third-order valence-electron chi connectivity index (χ3n) is 3.75. The highest BCUT2D eigenvalue weighted by Gasteiger charge is 2.34. The van der Waals surface area contributed by atoms with E-state index in [2.05, 4.69) is 31.9 Å². The van der Waals surface area contributed by atoms with Crippen molar-refractivity contribution in [3.05, 3.63) is 28.2 Å². The Morgan fingerprint density at radius 1 is 1.20 bits per heavy atom. The van der Waals surface area contributed by atoms with Crippen molar-refractivity contribution in [2.24, 2.45) is 0 Å². The third-order valence-corrected chi connectivity index (χ3v) is 4.24. The maximum absolute atomic E-state index is 12.1. The normalized spacial score (nSPS) is 25.6. The van der Waals surface area contributed by atoms with Crippen LogP contribution in [0.15, 0.2) is 22.7 Å². The molecule has 0 spiro atoms. The molecular formula is C14H16BrN3O2. The van der Waals surface area contributed by atoms with Crippen molar-refractivity contribution in [1.29, 1.82) is 0 Å². The van der Waals surface area contributed by atoms with Crippen LogP contribution < -0.4 is 16.0 Å². The Morgan fingerprint density at radius 2 is 2.05 bits per heavy atom. The Balaban J connectivity index is 1.82. The Hall–Kier alpha value is -1.40. The molecule has 0 saturated carbocycles. The molecule has 0 radical (unpaired) electrons. The summed E-state index contributed by atoms with van der Waals surface area (Å²) in [5.74, 6) is -0.117. The molecule has 2 aliphatic rings. The monoisotopic (exact) mass is 337 g/mol. The quantitative estimate of drug-likeness (QED) is 0.769. The molecule has 2 heterocycles. The highest BCUT2D eigenvalue weighted by Crippen LogP contribution is 2.33. The second-order valence-corrected chi connectivity index (χ2v) is 6.08. The number of anilines is 1. The van der Waals surface area contributed by atoms with E-state index in [0.717, 1.165) is 41.5 Å². The average Bonchev–Trinajstić information content (AvgIpc) is 2.58. The predicted octanol–water partition coefficient (Wildman–Crippen LogP) is 1.70. The number of carbonyl (C=O) groups excluding carboxylic acids is 2. The fourth-order valence-electron chi connectivity index (χ4n) is 2.70. The molecule has 2 aliphatic heterocycles. The summed E-state index contributed by atoms with van der Waals surface area (Å²) in [5.41, 5.74) is 1.70. The van der Waals surface area contributed by atoms with E-state index >= 15 is 0 Å². The van der Waals surface area contributed by atoms with Gasteiger partial charge in [0, 0.05) is 22.3 Å². The zero-order valence-electron chi connectivity index (χ0n) is 10.9. The van der Waals surface area contributed by atoms with E-state index in [-0.39, 0.29) is 17.9 Å². The van der Waals surface area contributed by atoms with Gasteiger partial charge >= 0.3 is 0 Å². The van der Waals surface area contributed by atoms with E-state index in [1.807, 2.05) is 18.2 Å². The Morgan fingerprint density at radius 3 is 2.90 bits per heavy atom. The number of hydrogen-bond acceptors (Lipinski definition) is 3. The van der Waals surface area contributed by atoms with Crippen LogP contribution >= 0.6 is 15.9 Å². The van der Waals surface area contributed by atoms with E-state index in [0.29, 0.717) is 0 Å². The molecular weight excluding hydrogens is 322 g/mol. The fraction of sp³-hybridized carbons (Fsp3) is 0.429. The van der Waals surface area contributed by atoms with Crippen LogP contribution in [0.1, 0.15) is 30.9 Å². The van der Waals surface area contributed by atoms with E-state index < -0.39 is 6.04 Å². The number of fused-ring (bicyclic) bond motifs is 1. The molecule has 0 bridgehead atoms. The molecule has 6 heteroatoms. The number of benzene rings is 1. The number of rotatable bonds is 2. The summed E-state index contributed by atoms with van der Waals surface area (Å²) in [4.78, 5) is 24.1. The third kappa shape index (κ3) is 2.58.